The molecule has 278 valence electrons. The quantitative estimate of drug-likeness (QED) is 0.262. The van der Waals surface area contributed by atoms with Crippen LogP contribution in [-0.2, 0) is 22.2 Å². The van der Waals surface area contributed by atoms with Gasteiger partial charge in [-0.2, -0.15) is 13.2 Å². The van der Waals surface area contributed by atoms with Gasteiger partial charge < -0.3 is 25.4 Å². The van der Waals surface area contributed by atoms with Gasteiger partial charge in [0.15, 0.2) is 0 Å². The number of fused-ring (bicyclic) bond motifs is 3. The van der Waals surface area contributed by atoms with Crippen molar-refractivity contribution in [2.45, 2.75) is 56.8 Å². The summed E-state index contributed by atoms with van der Waals surface area (Å²) >= 11 is 6.16. The number of aromatic amines is 1. The molecule has 3 fully saturated rings. The maximum Gasteiger partial charge on any atom is 0.418 e. The fourth-order valence-electron chi connectivity index (χ4n) is 8.25. The largest absolute Gasteiger partial charge is 0.418 e. The SMILES string of the molecule is CN1CCN(C2CCN(C(=O)[C@H](CC(=O)N3CCC(n4c(=O)[nH]c5c6ccccc6ncc54)CC3)Cc3cc(Cl)c(N)c(C(F)(F)F)c3)CC2)CC1. The number of carbonyl (C=O) groups excluding carboxylic acids is 2. The van der Waals surface area contributed by atoms with E-state index in [0.29, 0.717) is 50.6 Å². The smallest absolute Gasteiger partial charge is 0.397 e. The molecule has 5 heterocycles. The summed E-state index contributed by atoms with van der Waals surface area (Å²) in [6.07, 6.45) is -0.640. The number of nitrogens with one attached hydrogen (secondary N) is 1. The van der Waals surface area contributed by atoms with Gasteiger partial charge in [-0.25, -0.2) is 4.79 Å². The first-order chi connectivity index (χ1) is 24.9. The zero-order chi connectivity index (χ0) is 36.7. The van der Waals surface area contributed by atoms with Crippen molar-refractivity contribution in [3.63, 3.8) is 0 Å². The van der Waals surface area contributed by atoms with Gasteiger partial charge in [-0.1, -0.05) is 29.8 Å². The summed E-state index contributed by atoms with van der Waals surface area (Å²) in [4.78, 5) is 57.0. The van der Waals surface area contributed by atoms with Crippen molar-refractivity contribution >= 4 is 51.0 Å². The maximum absolute atomic E-state index is 14.2. The number of nitrogens with zero attached hydrogens (tertiary/aromatic N) is 6. The lowest BCUT2D eigenvalue weighted by molar-refractivity contribution is -0.143. The molecule has 3 aliphatic rings. The zero-order valence-electron chi connectivity index (χ0n) is 29.2. The minimum atomic E-state index is -4.73. The Labute approximate surface area is 304 Å². The highest BCUT2D eigenvalue weighted by Crippen LogP contribution is 2.39. The minimum Gasteiger partial charge on any atom is -0.397 e. The van der Waals surface area contributed by atoms with Crippen LogP contribution >= 0.6 is 11.6 Å². The van der Waals surface area contributed by atoms with Gasteiger partial charge in [-0.15, -0.1) is 0 Å². The number of hydrogen-bond donors (Lipinski definition) is 2. The third kappa shape index (κ3) is 7.38. The number of pyridine rings is 1. The van der Waals surface area contributed by atoms with E-state index in [-0.39, 0.29) is 47.0 Å². The van der Waals surface area contributed by atoms with Crippen molar-refractivity contribution in [2.24, 2.45) is 5.92 Å². The first-order valence-corrected chi connectivity index (χ1v) is 18.4. The van der Waals surface area contributed by atoms with Crippen LogP contribution in [0, 0.1) is 5.92 Å². The Morgan fingerprint density at radius 2 is 1.62 bits per heavy atom. The van der Waals surface area contributed by atoms with Crippen LogP contribution in [0.4, 0.5) is 18.9 Å². The van der Waals surface area contributed by atoms with E-state index >= 15 is 0 Å². The van der Waals surface area contributed by atoms with E-state index in [9.17, 15) is 27.6 Å². The number of piperazine rings is 1. The van der Waals surface area contributed by atoms with E-state index in [1.54, 1.807) is 20.6 Å². The topological polar surface area (TPSA) is 124 Å². The van der Waals surface area contributed by atoms with Gasteiger partial charge in [0.1, 0.15) is 0 Å². The monoisotopic (exact) mass is 740 g/mol. The number of piperidine rings is 2. The predicted molar refractivity (Wildman–Crippen MR) is 194 cm³/mol. The van der Waals surface area contributed by atoms with Crippen LogP contribution in [-0.4, -0.2) is 111 Å². The summed E-state index contributed by atoms with van der Waals surface area (Å²) < 4.78 is 43.3. The molecule has 0 radical (unpaired) electrons. The van der Waals surface area contributed by atoms with E-state index in [2.05, 4.69) is 26.8 Å². The van der Waals surface area contributed by atoms with Crippen molar-refractivity contribution in [1.82, 2.24) is 34.1 Å². The molecule has 11 nitrogen and oxygen atoms in total. The van der Waals surface area contributed by atoms with Crippen LogP contribution in [0.3, 0.4) is 0 Å². The third-order valence-corrected chi connectivity index (χ3v) is 11.5. The highest BCUT2D eigenvalue weighted by atomic mass is 35.5. The Morgan fingerprint density at radius 1 is 0.962 bits per heavy atom. The van der Waals surface area contributed by atoms with E-state index in [1.807, 2.05) is 24.3 Å². The summed E-state index contributed by atoms with van der Waals surface area (Å²) in [6.45, 7) is 5.72. The molecule has 4 aromatic rings. The first-order valence-electron chi connectivity index (χ1n) is 18.0. The summed E-state index contributed by atoms with van der Waals surface area (Å²) in [5.41, 5.74) is 6.24. The van der Waals surface area contributed by atoms with Crippen molar-refractivity contribution in [3.05, 3.63) is 69.2 Å². The van der Waals surface area contributed by atoms with Gasteiger partial charge in [-0.3, -0.25) is 24.0 Å². The van der Waals surface area contributed by atoms with E-state index in [4.69, 9.17) is 17.3 Å². The number of para-hydroxylation sites is 1. The highest BCUT2D eigenvalue weighted by molar-refractivity contribution is 6.33. The Kier molecular flexibility index (Phi) is 10.2. The molecular weight excluding hydrogens is 697 g/mol. The number of aromatic nitrogens is 3. The van der Waals surface area contributed by atoms with Crippen LogP contribution in [0.1, 0.15) is 49.3 Å². The second kappa shape index (κ2) is 14.7. The fraction of sp³-hybridized carbons (Fsp3) is 0.514. The number of H-pyrrole nitrogens is 1. The number of hydrogen-bond acceptors (Lipinski definition) is 7. The molecule has 1 atom stereocenters. The summed E-state index contributed by atoms with van der Waals surface area (Å²) in [5, 5.41) is 0.612. The normalized spacial score (nSPS) is 19.5. The maximum atomic E-state index is 14.2. The average molecular weight is 741 g/mol. The molecule has 3 N–H and O–H groups in total. The number of halogens is 4. The van der Waals surface area contributed by atoms with Crippen LogP contribution < -0.4 is 11.4 Å². The van der Waals surface area contributed by atoms with Crippen LogP contribution in [0.25, 0.3) is 21.9 Å². The van der Waals surface area contributed by atoms with Crippen LogP contribution in [0.5, 0.6) is 0 Å². The van der Waals surface area contributed by atoms with Crippen molar-refractivity contribution in [1.29, 1.82) is 0 Å². The highest BCUT2D eigenvalue weighted by Gasteiger charge is 2.37. The number of nitrogen functional groups attached to an aromatic ring is 1. The van der Waals surface area contributed by atoms with Gasteiger partial charge in [0, 0.05) is 76.2 Å². The zero-order valence-corrected chi connectivity index (χ0v) is 29.9. The van der Waals surface area contributed by atoms with Crippen LogP contribution in [0.15, 0.2) is 47.4 Å². The van der Waals surface area contributed by atoms with Gasteiger partial charge in [0.2, 0.25) is 11.8 Å². The predicted octanol–water partition coefficient (Wildman–Crippen LogP) is 4.78. The van der Waals surface area contributed by atoms with E-state index in [1.165, 1.54) is 6.07 Å². The molecule has 7 rings (SSSR count). The number of rotatable bonds is 7. The molecule has 0 unspecified atom stereocenters. The molecule has 0 saturated carbocycles. The summed E-state index contributed by atoms with van der Waals surface area (Å²) in [7, 11) is 2.11. The lowest BCUT2D eigenvalue weighted by Gasteiger charge is -2.42. The minimum absolute atomic E-state index is 0.0891. The van der Waals surface area contributed by atoms with Gasteiger partial charge in [0.05, 0.1) is 44.9 Å². The number of likely N-dealkylation sites (tertiary alicyclic amines) is 2. The lowest BCUT2D eigenvalue weighted by Crippen LogP contribution is -2.53. The molecule has 3 aliphatic heterocycles. The standard InChI is InChI=1S/C37H44ClF3N8O3/c1-45-14-16-46(17-15-45)25-6-12-48(13-7-25)35(51)24(18-23-19-28(37(39,40)41)33(42)29(38)20-23)21-32(50)47-10-8-26(9-11-47)49-31-22-43-30-5-3-2-4-27(30)34(31)44-36(49)52/h2-5,19-20,22,24-26H,6-18,21,42H2,1H3,(H,44,52)/t24-/m0/s1. The number of alkyl halides is 3. The molecule has 52 heavy (non-hydrogen) atoms. The molecule has 2 aromatic carbocycles. The Morgan fingerprint density at radius 3 is 2.31 bits per heavy atom. The molecular formula is C37H44ClF3N8O3. The Balaban J connectivity index is 1.06. The number of anilines is 1. The molecule has 0 aliphatic carbocycles. The number of carbonyl (C=O) groups is 2. The molecule has 15 heteroatoms. The molecule has 0 spiro atoms. The fourth-order valence-corrected chi connectivity index (χ4v) is 8.49. The third-order valence-electron chi connectivity index (χ3n) is 11.2. The Bertz CT molecular complexity index is 2010. The number of imidazole rings is 1. The Hall–Kier alpha value is -4.14. The molecule has 3 saturated heterocycles. The first kappa shape index (κ1) is 36.2. The van der Waals surface area contributed by atoms with Crippen molar-refractivity contribution in [3.8, 4) is 0 Å². The van der Waals surface area contributed by atoms with Gasteiger partial charge in [0.25, 0.3) is 0 Å². The summed E-state index contributed by atoms with van der Waals surface area (Å²) in [6, 6.07) is 10.1. The molecule has 2 amide bonds. The number of nitrogens with two attached hydrogens (primary N) is 1. The van der Waals surface area contributed by atoms with E-state index < -0.39 is 23.3 Å². The molecule has 0 bridgehead atoms. The number of likely N-dealkylation sites (N-methyl/N-ethyl adjacent to an activating group) is 1. The van der Waals surface area contributed by atoms with E-state index in [0.717, 1.165) is 61.5 Å². The van der Waals surface area contributed by atoms with Crippen molar-refractivity contribution < 1.29 is 22.8 Å². The lowest BCUT2D eigenvalue weighted by atomic mass is 9.91. The average Bonchev–Trinajstić information content (AvgIpc) is 3.48. The molecule has 2 aromatic heterocycles. The number of benzene rings is 2. The second-order valence-electron chi connectivity index (χ2n) is 14.5. The van der Waals surface area contributed by atoms with Gasteiger partial charge in [-0.05, 0) is 62.9 Å². The van der Waals surface area contributed by atoms with Crippen LogP contribution in [0.2, 0.25) is 5.02 Å². The number of amides is 2. The van der Waals surface area contributed by atoms with Gasteiger partial charge >= 0.3 is 11.9 Å². The van der Waals surface area contributed by atoms with Crippen molar-refractivity contribution in [2.75, 3.05) is 65.1 Å². The second-order valence-corrected chi connectivity index (χ2v) is 14.9. The summed E-state index contributed by atoms with van der Waals surface area (Å²) in [5.74, 6) is -1.38.